The fourth-order valence-corrected chi connectivity index (χ4v) is 0.875. The predicted molar refractivity (Wildman–Crippen MR) is 56.5 cm³/mol. The smallest absolute Gasteiger partial charge is 0.0613 e. The average molecular weight is 163 g/mol. The lowest BCUT2D eigenvalue weighted by atomic mass is 10.2. The van der Waals surface area contributed by atoms with Gasteiger partial charge in [-0.05, 0) is 39.3 Å². The third-order valence-electron chi connectivity index (χ3n) is 1.42. The lowest BCUT2D eigenvalue weighted by Gasteiger charge is -1.99. The maximum atomic E-state index is 4.38. The van der Waals surface area contributed by atoms with E-state index in [1.54, 1.807) is 0 Å². The summed E-state index contributed by atoms with van der Waals surface area (Å²) in [6.45, 7) is 11.7. The van der Waals surface area contributed by atoms with Gasteiger partial charge in [0.05, 0.1) is 5.70 Å². The maximum Gasteiger partial charge on any atom is 0.0613 e. The highest BCUT2D eigenvalue weighted by Crippen LogP contribution is 2.08. The van der Waals surface area contributed by atoms with E-state index in [9.17, 15) is 0 Å². The van der Waals surface area contributed by atoms with Crippen molar-refractivity contribution in [3.05, 3.63) is 36.1 Å². The van der Waals surface area contributed by atoms with Gasteiger partial charge in [0.2, 0.25) is 0 Å². The van der Waals surface area contributed by atoms with E-state index in [4.69, 9.17) is 0 Å². The molecule has 0 bridgehead atoms. The molecule has 1 nitrogen and oxygen atoms in total. The minimum atomic E-state index is 0.964. The maximum absolute atomic E-state index is 4.38. The van der Waals surface area contributed by atoms with E-state index < -0.39 is 0 Å². The Morgan fingerprint density at radius 1 is 1.25 bits per heavy atom. The van der Waals surface area contributed by atoms with Gasteiger partial charge >= 0.3 is 0 Å². The van der Waals surface area contributed by atoms with Crippen molar-refractivity contribution in [2.24, 2.45) is 4.99 Å². The highest BCUT2D eigenvalue weighted by atomic mass is 14.7. The molecule has 0 aliphatic heterocycles. The van der Waals surface area contributed by atoms with Crippen molar-refractivity contribution in [3.8, 4) is 0 Å². The fraction of sp³-hybridized carbons (Fsp3) is 0.364. The first-order valence-corrected chi connectivity index (χ1v) is 4.12. The molecule has 0 aliphatic carbocycles. The molecule has 0 aromatic heterocycles. The first-order valence-electron chi connectivity index (χ1n) is 4.12. The van der Waals surface area contributed by atoms with Crippen LogP contribution in [0.15, 0.2) is 41.1 Å². The number of nitrogens with zero attached hydrogens (tertiary/aromatic N) is 1. The predicted octanol–water partition coefficient (Wildman–Crippen LogP) is 3.50. The van der Waals surface area contributed by atoms with Gasteiger partial charge in [0.25, 0.3) is 0 Å². The second-order valence-electron chi connectivity index (χ2n) is 2.71. The summed E-state index contributed by atoms with van der Waals surface area (Å²) in [5.74, 6) is 0. The summed E-state index contributed by atoms with van der Waals surface area (Å²) in [6, 6.07) is 0. The molecule has 0 saturated heterocycles. The molecule has 0 heterocycles. The lowest BCUT2D eigenvalue weighted by Crippen LogP contribution is -1.87. The Morgan fingerprint density at radius 2 is 1.83 bits per heavy atom. The Hall–Kier alpha value is -1.11. The number of hydrogen-bond donors (Lipinski definition) is 0. The molecule has 0 atom stereocenters. The van der Waals surface area contributed by atoms with Crippen molar-refractivity contribution in [3.63, 3.8) is 0 Å². The molecule has 0 saturated carbocycles. The minimum Gasteiger partial charge on any atom is -0.254 e. The molecule has 0 fully saturated rings. The lowest BCUT2D eigenvalue weighted by molar-refractivity contribution is 1.27. The zero-order valence-electron chi connectivity index (χ0n) is 8.39. The van der Waals surface area contributed by atoms with Crippen molar-refractivity contribution in [2.75, 3.05) is 0 Å². The van der Waals surface area contributed by atoms with Crippen LogP contribution in [0.5, 0.6) is 0 Å². The summed E-state index contributed by atoms with van der Waals surface area (Å²) in [5.41, 5.74) is 2.97. The van der Waals surface area contributed by atoms with Gasteiger partial charge in [-0.1, -0.05) is 18.7 Å². The van der Waals surface area contributed by atoms with E-state index in [2.05, 4.69) is 11.6 Å². The zero-order valence-corrected chi connectivity index (χ0v) is 8.39. The Labute approximate surface area is 75.2 Å². The number of hydrogen-bond acceptors (Lipinski definition) is 1. The summed E-state index contributed by atoms with van der Waals surface area (Å²) in [7, 11) is 0. The Morgan fingerprint density at radius 3 is 2.17 bits per heavy atom. The van der Waals surface area contributed by atoms with E-state index in [-0.39, 0.29) is 0 Å². The third-order valence-corrected chi connectivity index (χ3v) is 1.42. The molecule has 0 spiro atoms. The van der Waals surface area contributed by atoms with E-state index in [1.165, 1.54) is 0 Å². The van der Waals surface area contributed by atoms with Gasteiger partial charge in [-0.25, -0.2) is 0 Å². The van der Waals surface area contributed by atoms with Gasteiger partial charge in [-0.2, -0.15) is 0 Å². The van der Waals surface area contributed by atoms with Gasteiger partial charge in [-0.15, -0.1) is 0 Å². The number of aliphatic imine (C=N–C) groups is 1. The van der Waals surface area contributed by atoms with Gasteiger partial charge in [0.1, 0.15) is 0 Å². The van der Waals surface area contributed by atoms with Crippen molar-refractivity contribution in [1.82, 2.24) is 0 Å². The summed E-state index contributed by atoms with van der Waals surface area (Å²) < 4.78 is 0. The Balaban J connectivity index is 4.60. The fourth-order valence-electron chi connectivity index (χ4n) is 0.875. The molecule has 0 aromatic rings. The largest absolute Gasteiger partial charge is 0.254 e. The van der Waals surface area contributed by atoms with E-state index >= 15 is 0 Å². The monoisotopic (exact) mass is 163 g/mol. The molecule has 0 rings (SSSR count). The highest BCUT2D eigenvalue weighted by Gasteiger charge is 1.92. The summed E-state index contributed by atoms with van der Waals surface area (Å²) in [5, 5.41) is 0. The van der Waals surface area contributed by atoms with Crippen molar-refractivity contribution < 1.29 is 0 Å². The van der Waals surface area contributed by atoms with Crippen LogP contribution in [-0.4, -0.2) is 5.71 Å². The number of allylic oxidation sites excluding steroid dienone is 4. The van der Waals surface area contributed by atoms with Crippen LogP contribution in [0.25, 0.3) is 0 Å². The van der Waals surface area contributed by atoms with Crippen LogP contribution in [0.2, 0.25) is 0 Å². The van der Waals surface area contributed by atoms with Crippen LogP contribution in [0, 0.1) is 0 Å². The average Bonchev–Trinajstić information content (AvgIpc) is 2.00. The first kappa shape index (κ1) is 10.9. The molecule has 0 aliphatic rings. The molecule has 1 heteroatoms. The van der Waals surface area contributed by atoms with Gasteiger partial charge in [-0.3, -0.25) is 4.99 Å². The first-order chi connectivity index (χ1) is 5.61. The molecule has 0 aromatic carbocycles. The molecule has 0 unspecified atom stereocenters. The highest BCUT2D eigenvalue weighted by molar-refractivity contribution is 5.93. The Bertz CT molecular complexity index is 242. The summed E-state index contributed by atoms with van der Waals surface area (Å²) in [6.07, 6.45) is 5.92. The second kappa shape index (κ2) is 5.53. The van der Waals surface area contributed by atoms with Crippen LogP contribution in [0.4, 0.5) is 0 Å². The summed E-state index contributed by atoms with van der Waals surface area (Å²) in [4.78, 5) is 4.38. The van der Waals surface area contributed by atoms with Crippen LogP contribution in [0.3, 0.4) is 0 Å². The van der Waals surface area contributed by atoms with Crippen LogP contribution < -0.4 is 0 Å². The SMILES string of the molecule is C=C(C)C(=C/C)/N=C(C)/C=C\C. The van der Waals surface area contributed by atoms with Crippen LogP contribution in [-0.2, 0) is 0 Å². The second-order valence-corrected chi connectivity index (χ2v) is 2.71. The molecule has 12 heavy (non-hydrogen) atoms. The quantitative estimate of drug-likeness (QED) is 0.446. The zero-order chi connectivity index (χ0) is 9.56. The third kappa shape index (κ3) is 3.91. The minimum absolute atomic E-state index is 0.964. The van der Waals surface area contributed by atoms with Crippen molar-refractivity contribution in [2.45, 2.75) is 27.7 Å². The molecular formula is C11H17N. The topological polar surface area (TPSA) is 12.4 Å². The van der Waals surface area contributed by atoms with Crippen LogP contribution in [0.1, 0.15) is 27.7 Å². The molecular weight excluding hydrogens is 146 g/mol. The standard InChI is InChI=1S/C11H17N/c1-6-8-10(5)12-11(7-2)9(3)4/h6-8H,3H2,1-2,4-5H3/b8-6-,11-7-,12-10+. The van der Waals surface area contributed by atoms with Gasteiger partial charge in [0, 0.05) is 5.71 Å². The molecule has 0 amide bonds. The molecule has 0 N–H and O–H groups in total. The normalized spacial score (nSPS) is 14.0. The Kier molecular flexibility index (Phi) is 5.02. The molecule has 66 valence electrons. The van der Waals surface area contributed by atoms with E-state index in [0.717, 1.165) is 17.0 Å². The van der Waals surface area contributed by atoms with Crippen molar-refractivity contribution in [1.29, 1.82) is 0 Å². The number of rotatable bonds is 3. The van der Waals surface area contributed by atoms with E-state index in [0.29, 0.717) is 0 Å². The van der Waals surface area contributed by atoms with Gasteiger partial charge in [0.15, 0.2) is 0 Å². The molecule has 0 radical (unpaired) electrons. The van der Waals surface area contributed by atoms with Crippen molar-refractivity contribution >= 4 is 5.71 Å². The van der Waals surface area contributed by atoms with Gasteiger partial charge < -0.3 is 0 Å². The summed E-state index contributed by atoms with van der Waals surface area (Å²) >= 11 is 0. The van der Waals surface area contributed by atoms with E-state index in [1.807, 2.05) is 45.9 Å². The van der Waals surface area contributed by atoms with Crippen LogP contribution >= 0.6 is 0 Å².